The van der Waals surface area contributed by atoms with E-state index in [2.05, 4.69) is 46.4 Å². The Labute approximate surface area is 137 Å². The fraction of sp³-hybridized carbons (Fsp3) is 0.700. The van der Waals surface area contributed by atoms with Gasteiger partial charge in [0.2, 0.25) is 0 Å². The number of hydrogen-bond acceptors (Lipinski definition) is 2. The van der Waals surface area contributed by atoms with Gasteiger partial charge in [0, 0.05) is 6.61 Å². The molecule has 1 fully saturated rings. The Hall–Kier alpha value is -0.860. The highest BCUT2D eigenvalue weighted by Crippen LogP contribution is 2.26. The Bertz CT molecular complexity index is 385. The molecule has 1 aliphatic rings. The van der Waals surface area contributed by atoms with Gasteiger partial charge in [-0.1, -0.05) is 43.2 Å². The van der Waals surface area contributed by atoms with E-state index in [0.717, 1.165) is 32.3 Å². The smallest absolute Gasteiger partial charge is 0.157 e. The van der Waals surface area contributed by atoms with Gasteiger partial charge < -0.3 is 9.47 Å². The summed E-state index contributed by atoms with van der Waals surface area (Å²) in [5, 5.41) is 0. The van der Waals surface area contributed by atoms with Crippen molar-refractivity contribution in [1.82, 2.24) is 0 Å². The van der Waals surface area contributed by atoms with Crippen LogP contribution < -0.4 is 0 Å². The highest BCUT2D eigenvalue weighted by Gasteiger charge is 2.13. The molecule has 2 nitrogen and oxygen atoms in total. The molecule has 22 heavy (non-hydrogen) atoms. The van der Waals surface area contributed by atoms with Gasteiger partial charge in [-0.3, -0.25) is 0 Å². The second-order valence-corrected chi connectivity index (χ2v) is 7.14. The number of hydrogen-bond donors (Lipinski definition) is 0. The van der Waals surface area contributed by atoms with Gasteiger partial charge in [0.25, 0.3) is 0 Å². The third-order valence-corrected chi connectivity index (χ3v) is 4.17. The van der Waals surface area contributed by atoms with Crippen molar-refractivity contribution in [3.8, 4) is 0 Å². The molecule has 0 aromatic rings. The first kappa shape index (κ1) is 19.2. The summed E-state index contributed by atoms with van der Waals surface area (Å²) in [6.07, 6.45) is 13.3. The van der Waals surface area contributed by atoms with Crippen LogP contribution in [0.5, 0.6) is 0 Å². The van der Waals surface area contributed by atoms with Gasteiger partial charge in [-0.05, 0) is 57.8 Å². The molecule has 1 heterocycles. The monoisotopic (exact) mass is 306 g/mol. The van der Waals surface area contributed by atoms with E-state index in [4.69, 9.17) is 9.47 Å². The minimum atomic E-state index is 0.0149. The summed E-state index contributed by atoms with van der Waals surface area (Å²) in [7, 11) is 0. The van der Waals surface area contributed by atoms with E-state index in [1.807, 2.05) is 6.08 Å². The van der Waals surface area contributed by atoms with Gasteiger partial charge in [0.15, 0.2) is 6.29 Å². The summed E-state index contributed by atoms with van der Waals surface area (Å²) in [5.74, 6) is 0. The highest BCUT2D eigenvalue weighted by atomic mass is 16.7. The number of allylic oxidation sites excluding steroid dienone is 4. The van der Waals surface area contributed by atoms with Crippen LogP contribution in [0.25, 0.3) is 0 Å². The van der Waals surface area contributed by atoms with Crippen LogP contribution in [0.2, 0.25) is 0 Å². The molecule has 0 N–H and O–H groups in total. The van der Waals surface area contributed by atoms with Crippen molar-refractivity contribution in [2.75, 3.05) is 13.2 Å². The second kappa shape index (κ2) is 10.0. The molecule has 2 heteroatoms. The Morgan fingerprint density at radius 3 is 2.64 bits per heavy atom. The van der Waals surface area contributed by atoms with Gasteiger partial charge in [-0.15, -0.1) is 6.58 Å². The van der Waals surface area contributed by atoms with Gasteiger partial charge >= 0.3 is 0 Å². The maximum atomic E-state index is 5.74. The Kier molecular flexibility index (Phi) is 8.74. The van der Waals surface area contributed by atoms with Gasteiger partial charge in [0.1, 0.15) is 0 Å². The summed E-state index contributed by atoms with van der Waals surface area (Å²) in [4.78, 5) is 0. The zero-order chi connectivity index (χ0) is 16.4. The Morgan fingerprint density at radius 1 is 1.23 bits per heavy atom. The number of rotatable bonds is 9. The van der Waals surface area contributed by atoms with E-state index in [0.29, 0.717) is 6.61 Å². The van der Waals surface area contributed by atoms with Gasteiger partial charge in [-0.2, -0.15) is 0 Å². The first-order valence-corrected chi connectivity index (χ1v) is 8.61. The SMILES string of the molecule is C=CC(C)(C)C/C(C)=C/CC/C(C)=C/COC1CCCCO1. The predicted octanol–water partition coefficient (Wildman–Crippen LogP) is 5.80. The zero-order valence-electron chi connectivity index (χ0n) is 15.0. The van der Waals surface area contributed by atoms with Crippen LogP contribution in [0.4, 0.5) is 0 Å². The molecule has 0 aromatic carbocycles. The standard InChI is InChI=1S/C20H34O2/c1-6-20(4,5)16-18(3)11-9-10-17(2)13-15-22-19-12-7-8-14-21-19/h6,11,13,19H,1,7-10,12,14-16H2,2-5H3/b17-13+,18-11+. The molecular weight excluding hydrogens is 272 g/mol. The van der Waals surface area contributed by atoms with E-state index in [1.165, 1.54) is 24.0 Å². The predicted molar refractivity (Wildman–Crippen MR) is 94.9 cm³/mol. The summed E-state index contributed by atoms with van der Waals surface area (Å²) in [6.45, 7) is 14.3. The van der Waals surface area contributed by atoms with Crippen molar-refractivity contribution in [3.63, 3.8) is 0 Å². The Balaban J connectivity index is 2.22. The first-order chi connectivity index (χ1) is 10.4. The average Bonchev–Trinajstić information content (AvgIpc) is 2.48. The third-order valence-electron chi connectivity index (χ3n) is 4.17. The molecule has 1 atom stereocenters. The van der Waals surface area contributed by atoms with Crippen molar-refractivity contribution in [2.45, 2.75) is 72.5 Å². The molecule has 1 rings (SSSR count). The van der Waals surface area contributed by atoms with Crippen molar-refractivity contribution in [1.29, 1.82) is 0 Å². The highest BCUT2D eigenvalue weighted by molar-refractivity contribution is 5.07. The maximum Gasteiger partial charge on any atom is 0.157 e. The van der Waals surface area contributed by atoms with Crippen LogP contribution in [0.1, 0.15) is 66.2 Å². The molecule has 1 unspecified atom stereocenters. The fourth-order valence-corrected chi connectivity index (χ4v) is 2.65. The number of ether oxygens (including phenoxy) is 2. The molecular formula is C20H34O2. The van der Waals surface area contributed by atoms with Crippen LogP contribution in [-0.4, -0.2) is 19.5 Å². The summed E-state index contributed by atoms with van der Waals surface area (Å²) < 4.78 is 11.3. The van der Waals surface area contributed by atoms with Gasteiger partial charge in [-0.25, -0.2) is 0 Å². The molecule has 0 spiro atoms. The van der Waals surface area contributed by atoms with Crippen molar-refractivity contribution in [2.24, 2.45) is 5.41 Å². The van der Waals surface area contributed by atoms with Crippen LogP contribution in [0.15, 0.2) is 36.0 Å². The van der Waals surface area contributed by atoms with E-state index < -0.39 is 0 Å². The quantitative estimate of drug-likeness (QED) is 0.501. The lowest BCUT2D eigenvalue weighted by Gasteiger charge is -2.22. The van der Waals surface area contributed by atoms with E-state index in [-0.39, 0.29) is 11.7 Å². The van der Waals surface area contributed by atoms with Crippen LogP contribution in [-0.2, 0) is 9.47 Å². The minimum absolute atomic E-state index is 0.0149. The normalized spacial score (nSPS) is 21.0. The Morgan fingerprint density at radius 2 is 2.00 bits per heavy atom. The summed E-state index contributed by atoms with van der Waals surface area (Å²) >= 11 is 0. The average molecular weight is 306 g/mol. The van der Waals surface area contributed by atoms with Crippen LogP contribution in [0.3, 0.4) is 0 Å². The first-order valence-electron chi connectivity index (χ1n) is 8.61. The topological polar surface area (TPSA) is 18.5 Å². The second-order valence-electron chi connectivity index (χ2n) is 7.14. The lowest BCUT2D eigenvalue weighted by atomic mass is 9.86. The molecule has 0 aromatic heterocycles. The fourth-order valence-electron chi connectivity index (χ4n) is 2.65. The largest absolute Gasteiger partial charge is 0.353 e. The zero-order valence-corrected chi connectivity index (χ0v) is 15.0. The molecule has 0 saturated carbocycles. The summed E-state index contributed by atoms with van der Waals surface area (Å²) in [6, 6.07) is 0. The van der Waals surface area contributed by atoms with E-state index in [1.54, 1.807) is 0 Å². The molecule has 126 valence electrons. The van der Waals surface area contributed by atoms with Crippen molar-refractivity contribution >= 4 is 0 Å². The molecule has 0 bridgehead atoms. The van der Waals surface area contributed by atoms with E-state index >= 15 is 0 Å². The minimum Gasteiger partial charge on any atom is -0.353 e. The molecule has 1 aliphatic heterocycles. The van der Waals surface area contributed by atoms with Crippen LogP contribution in [0, 0.1) is 5.41 Å². The van der Waals surface area contributed by atoms with Gasteiger partial charge in [0.05, 0.1) is 6.61 Å². The van der Waals surface area contributed by atoms with Crippen LogP contribution >= 0.6 is 0 Å². The van der Waals surface area contributed by atoms with Crippen molar-refractivity contribution < 1.29 is 9.47 Å². The molecule has 0 amide bonds. The third kappa shape index (κ3) is 8.55. The molecule has 0 aliphatic carbocycles. The molecule has 1 saturated heterocycles. The lowest BCUT2D eigenvalue weighted by molar-refractivity contribution is -0.155. The summed E-state index contributed by atoms with van der Waals surface area (Å²) in [5.41, 5.74) is 3.03. The van der Waals surface area contributed by atoms with Crippen molar-refractivity contribution in [3.05, 3.63) is 36.0 Å². The van der Waals surface area contributed by atoms with E-state index in [9.17, 15) is 0 Å². The lowest BCUT2D eigenvalue weighted by Crippen LogP contribution is -2.22. The maximum absolute atomic E-state index is 5.74. The molecule has 0 radical (unpaired) electrons.